The molecule has 5 nitrogen and oxygen atoms in total. The topological polar surface area (TPSA) is 58.6 Å². The van der Waals surface area contributed by atoms with E-state index in [9.17, 15) is 9.59 Å². The average molecular weight is 417 g/mol. The SMILES string of the molecule is COc1ccc(CN(C(=O)CCc2ccccc2Cl)[C@H](C)C(=O)NC(C)C)cc1. The molecule has 0 saturated carbocycles. The van der Waals surface area contributed by atoms with Crippen LogP contribution in [0.2, 0.25) is 5.02 Å². The summed E-state index contributed by atoms with van der Waals surface area (Å²) in [7, 11) is 1.61. The third-order valence-corrected chi connectivity index (χ3v) is 5.04. The number of rotatable bonds is 9. The molecule has 0 fully saturated rings. The van der Waals surface area contributed by atoms with Gasteiger partial charge in [0.2, 0.25) is 11.8 Å². The number of carbonyl (C=O) groups is 2. The van der Waals surface area contributed by atoms with Gasteiger partial charge in [0.05, 0.1) is 7.11 Å². The summed E-state index contributed by atoms with van der Waals surface area (Å²) in [6, 6.07) is 14.4. The molecule has 0 aliphatic rings. The molecule has 0 aliphatic carbocycles. The van der Waals surface area contributed by atoms with E-state index < -0.39 is 6.04 Å². The van der Waals surface area contributed by atoms with Gasteiger partial charge in [-0.15, -0.1) is 0 Å². The summed E-state index contributed by atoms with van der Waals surface area (Å²) in [5.74, 6) is 0.489. The van der Waals surface area contributed by atoms with E-state index in [2.05, 4.69) is 5.32 Å². The van der Waals surface area contributed by atoms with Gasteiger partial charge in [0.25, 0.3) is 0 Å². The molecule has 29 heavy (non-hydrogen) atoms. The molecule has 2 amide bonds. The van der Waals surface area contributed by atoms with Crippen LogP contribution in [-0.4, -0.2) is 35.9 Å². The Morgan fingerprint density at radius 3 is 2.31 bits per heavy atom. The van der Waals surface area contributed by atoms with Gasteiger partial charge in [0, 0.05) is 24.0 Å². The van der Waals surface area contributed by atoms with E-state index in [0.717, 1.165) is 16.9 Å². The van der Waals surface area contributed by atoms with E-state index in [1.807, 2.05) is 62.4 Å². The maximum Gasteiger partial charge on any atom is 0.242 e. The van der Waals surface area contributed by atoms with E-state index in [4.69, 9.17) is 16.3 Å². The summed E-state index contributed by atoms with van der Waals surface area (Å²) in [6.45, 7) is 5.90. The maximum atomic E-state index is 13.1. The Kier molecular flexibility index (Phi) is 8.52. The standard InChI is InChI=1S/C23H29ClN2O3/c1-16(2)25-23(28)17(3)26(15-18-9-12-20(29-4)13-10-18)22(27)14-11-19-7-5-6-8-21(19)24/h5-10,12-13,16-17H,11,14-15H2,1-4H3,(H,25,28)/t17-/m1/s1. The number of amides is 2. The van der Waals surface area contributed by atoms with Crippen LogP contribution in [0.3, 0.4) is 0 Å². The van der Waals surface area contributed by atoms with Crippen LogP contribution < -0.4 is 10.1 Å². The number of carbonyl (C=O) groups excluding carboxylic acids is 2. The Labute approximate surface area is 178 Å². The van der Waals surface area contributed by atoms with E-state index >= 15 is 0 Å². The van der Waals surface area contributed by atoms with Crippen molar-refractivity contribution in [1.29, 1.82) is 0 Å². The Balaban J connectivity index is 2.16. The molecule has 1 atom stereocenters. The Bertz CT molecular complexity index is 821. The van der Waals surface area contributed by atoms with Crippen LogP contribution in [0.25, 0.3) is 0 Å². The van der Waals surface area contributed by atoms with Crippen molar-refractivity contribution in [2.75, 3.05) is 7.11 Å². The molecule has 0 aliphatic heterocycles. The lowest BCUT2D eigenvalue weighted by Crippen LogP contribution is -2.49. The highest BCUT2D eigenvalue weighted by Crippen LogP contribution is 2.19. The number of nitrogens with one attached hydrogen (secondary N) is 1. The minimum Gasteiger partial charge on any atom is -0.497 e. The van der Waals surface area contributed by atoms with Crippen molar-refractivity contribution in [3.63, 3.8) is 0 Å². The van der Waals surface area contributed by atoms with Gasteiger partial charge in [-0.3, -0.25) is 9.59 Å². The van der Waals surface area contributed by atoms with Gasteiger partial charge in [0.1, 0.15) is 11.8 Å². The monoisotopic (exact) mass is 416 g/mol. The van der Waals surface area contributed by atoms with Crippen LogP contribution in [-0.2, 0) is 22.6 Å². The van der Waals surface area contributed by atoms with E-state index in [0.29, 0.717) is 18.0 Å². The molecular weight excluding hydrogens is 388 g/mol. The van der Waals surface area contributed by atoms with Gasteiger partial charge < -0.3 is 15.0 Å². The largest absolute Gasteiger partial charge is 0.497 e. The van der Waals surface area contributed by atoms with Gasteiger partial charge in [-0.25, -0.2) is 0 Å². The summed E-state index contributed by atoms with van der Waals surface area (Å²) in [6.07, 6.45) is 0.801. The molecule has 0 unspecified atom stereocenters. The van der Waals surface area contributed by atoms with Crippen LogP contribution in [0.1, 0.15) is 38.3 Å². The van der Waals surface area contributed by atoms with Crippen LogP contribution in [0, 0.1) is 0 Å². The van der Waals surface area contributed by atoms with Crippen molar-refractivity contribution in [2.24, 2.45) is 0 Å². The van der Waals surface area contributed by atoms with Crippen molar-refractivity contribution in [1.82, 2.24) is 10.2 Å². The molecule has 0 aromatic heterocycles. The second-order valence-electron chi connectivity index (χ2n) is 7.30. The highest BCUT2D eigenvalue weighted by atomic mass is 35.5. The Morgan fingerprint density at radius 1 is 1.07 bits per heavy atom. The summed E-state index contributed by atoms with van der Waals surface area (Å²) in [4.78, 5) is 27.3. The molecule has 0 heterocycles. The molecule has 2 aromatic carbocycles. The lowest BCUT2D eigenvalue weighted by molar-refractivity contribution is -0.140. The number of nitrogens with zero attached hydrogens (tertiary/aromatic N) is 1. The first kappa shape index (κ1) is 22.8. The van der Waals surface area contributed by atoms with Crippen LogP contribution in [0.4, 0.5) is 0 Å². The number of hydrogen-bond acceptors (Lipinski definition) is 3. The smallest absolute Gasteiger partial charge is 0.242 e. The van der Waals surface area contributed by atoms with E-state index in [-0.39, 0.29) is 24.3 Å². The summed E-state index contributed by atoms with van der Waals surface area (Å²) in [5, 5.41) is 3.54. The fourth-order valence-corrected chi connectivity index (χ4v) is 3.23. The van der Waals surface area contributed by atoms with Crippen molar-refractivity contribution in [3.8, 4) is 5.75 Å². The van der Waals surface area contributed by atoms with Crippen LogP contribution in [0.5, 0.6) is 5.75 Å². The van der Waals surface area contributed by atoms with E-state index in [1.54, 1.807) is 18.9 Å². The first-order valence-corrected chi connectivity index (χ1v) is 10.2. The lowest BCUT2D eigenvalue weighted by Gasteiger charge is -2.29. The number of aryl methyl sites for hydroxylation is 1. The number of hydrogen-bond donors (Lipinski definition) is 1. The quantitative estimate of drug-likeness (QED) is 0.665. The molecule has 0 bridgehead atoms. The summed E-state index contributed by atoms with van der Waals surface area (Å²) in [5.41, 5.74) is 1.85. The predicted octanol–water partition coefficient (Wildman–Crippen LogP) is 4.22. The molecule has 2 rings (SSSR count). The van der Waals surface area contributed by atoms with Crippen molar-refractivity contribution in [3.05, 3.63) is 64.7 Å². The number of ether oxygens (including phenoxy) is 1. The van der Waals surface area contributed by atoms with E-state index in [1.165, 1.54) is 0 Å². The maximum absolute atomic E-state index is 13.1. The van der Waals surface area contributed by atoms with Gasteiger partial charge in [-0.2, -0.15) is 0 Å². The highest BCUT2D eigenvalue weighted by molar-refractivity contribution is 6.31. The van der Waals surface area contributed by atoms with Crippen molar-refractivity contribution in [2.45, 2.75) is 52.2 Å². The van der Waals surface area contributed by atoms with Crippen molar-refractivity contribution >= 4 is 23.4 Å². The first-order valence-electron chi connectivity index (χ1n) is 9.78. The Morgan fingerprint density at radius 2 is 1.72 bits per heavy atom. The van der Waals surface area contributed by atoms with Gasteiger partial charge >= 0.3 is 0 Å². The van der Waals surface area contributed by atoms with Gasteiger partial charge in [-0.1, -0.05) is 41.9 Å². The fraction of sp³-hybridized carbons (Fsp3) is 0.391. The average Bonchev–Trinajstić information content (AvgIpc) is 2.70. The third kappa shape index (κ3) is 6.79. The second kappa shape index (κ2) is 10.9. The minimum atomic E-state index is -0.585. The zero-order chi connectivity index (χ0) is 21.4. The van der Waals surface area contributed by atoms with Crippen LogP contribution >= 0.6 is 11.6 Å². The Hall–Kier alpha value is -2.53. The highest BCUT2D eigenvalue weighted by Gasteiger charge is 2.26. The summed E-state index contributed by atoms with van der Waals surface area (Å²) < 4.78 is 5.19. The van der Waals surface area contributed by atoms with Crippen molar-refractivity contribution < 1.29 is 14.3 Å². The number of methoxy groups -OCH3 is 1. The molecule has 2 aromatic rings. The zero-order valence-corrected chi connectivity index (χ0v) is 18.2. The first-order chi connectivity index (χ1) is 13.8. The number of benzene rings is 2. The predicted molar refractivity (Wildman–Crippen MR) is 116 cm³/mol. The molecular formula is C23H29ClN2O3. The molecule has 0 saturated heterocycles. The van der Waals surface area contributed by atoms with Gasteiger partial charge in [0.15, 0.2) is 0 Å². The second-order valence-corrected chi connectivity index (χ2v) is 7.71. The molecule has 6 heteroatoms. The van der Waals surface area contributed by atoms with Crippen LogP contribution in [0.15, 0.2) is 48.5 Å². The zero-order valence-electron chi connectivity index (χ0n) is 17.4. The lowest BCUT2D eigenvalue weighted by atomic mass is 10.1. The third-order valence-electron chi connectivity index (χ3n) is 4.68. The summed E-state index contributed by atoms with van der Waals surface area (Å²) >= 11 is 6.21. The molecule has 156 valence electrons. The minimum absolute atomic E-state index is 0.00557. The fourth-order valence-electron chi connectivity index (χ4n) is 3.00. The molecule has 1 N–H and O–H groups in total. The molecule has 0 radical (unpaired) electrons. The normalized spacial score (nSPS) is 11.8. The molecule has 0 spiro atoms. The van der Waals surface area contributed by atoms with Gasteiger partial charge in [-0.05, 0) is 56.5 Å². The number of halogens is 1.